The van der Waals surface area contributed by atoms with Crippen LogP contribution in [0.1, 0.15) is 54.4 Å². The minimum atomic E-state index is -3.44. The Balaban J connectivity index is 0.000000161. The first-order chi connectivity index (χ1) is 12.6. The molecule has 2 fully saturated rings. The first-order valence-corrected chi connectivity index (χ1v) is 12.2. The smallest absolute Gasteiger partial charge is 0.253 e. The summed E-state index contributed by atoms with van der Waals surface area (Å²) in [6.07, 6.45) is 1.43. The van der Waals surface area contributed by atoms with E-state index < -0.39 is 20.6 Å². The molecule has 0 unspecified atom stereocenters. The van der Waals surface area contributed by atoms with Crippen LogP contribution in [-0.4, -0.2) is 51.7 Å². The summed E-state index contributed by atoms with van der Waals surface area (Å²) in [6.45, 7) is 14.2. The van der Waals surface area contributed by atoms with Gasteiger partial charge in [0.05, 0.1) is 37.7 Å². The maximum Gasteiger partial charge on any atom is 0.362 e. The van der Waals surface area contributed by atoms with Crippen molar-refractivity contribution >= 4 is 20.6 Å². The van der Waals surface area contributed by atoms with Gasteiger partial charge in [-0.2, -0.15) is 16.8 Å². The molecule has 0 aliphatic carbocycles. The van der Waals surface area contributed by atoms with E-state index in [9.17, 15) is 16.8 Å². The zero-order valence-corrected chi connectivity index (χ0v) is 19.0. The second-order valence-corrected chi connectivity index (χ2v) is 12.5. The van der Waals surface area contributed by atoms with Crippen LogP contribution in [0.3, 0.4) is 0 Å². The number of rotatable bonds is 0. The molecule has 8 nitrogen and oxygen atoms in total. The Morgan fingerprint density at radius 1 is 0.679 bits per heavy atom. The molecule has 4 aliphatic heterocycles. The van der Waals surface area contributed by atoms with Crippen LogP contribution < -0.4 is 0 Å². The van der Waals surface area contributed by atoms with E-state index >= 15 is 0 Å². The molecule has 0 amide bonds. The molecule has 0 saturated carbocycles. The lowest BCUT2D eigenvalue weighted by Gasteiger charge is -2.21. The Labute approximate surface area is 168 Å². The first-order valence-electron chi connectivity index (χ1n) is 9.44. The Morgan fingerprint density at radius 2 is 1.00 bits per heavy atom. The fraction of sp³-hybridized carbons (Fsp3) is 0.778. The molecule has 0 N–H and O–H groups in total. The largest absolute Gasteiger partial charge is 0.362 e. The maximum atomic E-state index is 11.4. The molecule has 28 heavy (non-hydrogen) atoms. The summed E-state index contributed by atoms with van der Waals surface area (Å²) in [5.41, 5.74) is 4.36. The third kappa shape index (κ3) is 4.39. The van der Waals surface area contributed by atoms with Gasteiger partial charge < -0.3 is 0 Å². The second kappa shape index (κ2) is 6.72. The van der Waals surface area contributed by atoms with Gasteiger partial charge in [-0.15, -0.1) is 0 Å². The molecule has 0 aromatic heterocycles. The van der Waals surface area contributed by atoms with Crippen LogP contribution in [-0.2, 0) is 29.0 Å². The molecule has 0 aromatic carbocycles. The summed E-state index contributed by atoms with van der Waals surface area (Å²) < 4.78 is 57.9. The van der Waals surface area contributed by atoms with E-state index in [4.69, 9.17) is 8.37 Å². The molecular formula is C18H30N2O6S2. The maximum absolute atomic E-state index is 11.4. The van der Waals surface area contributed by atoms with E-state index in [1.807, 2.05) is 0 Å². The van der Waals surface area contributed by atoms with Gasteiger partial charge in [-0.05, 0) is 34.8 Å². The topological polar surface area (TPSA) is 92.8 Å². The van der Waals surface area contributed by atoms with Crippen LogP contribution in [0, 0.1) is 10.8 Å². The van der Waals surface area contributed by atoms with E-state index in [2.05, 4.69) is 41.5 Å². The van der Waals surface area contributed by atoms with Gasteiger partial charge in [-0.25, -0.2) is 8.61 Å². The van der Waals surface area contributed by atoms with Gasteiger partial charge in [0.2, 0.25) is 0 Å². The fourth-order valence-corrected chi connectivity index (χ4v) is 5.81. The van der Waals surface area contributed by atoms with Gasteiger partial charge in [0.25, 0.3) is 0 Å². The average molecular weight is 435 g/mol. The van der Waals surface area contributed by atoms with Gasteiger partial charge in [0.15, 0.2) is 0 Å². The monoisotopic (exact) mass is 434 g/mol. The fourth-order valence-electron chi connectivity index (χ4n) is 3.65. The van der Waals surface area contributed by atoms with Crippen LogP contribution in [0.25, 0.3) is 0 Å². The lowest BCUT2D eigenvalue weighted by Crippen LogP contribution is -2.14. The summed E-state index contributed by atoms with van der Waals surface area (Å²) in [5.74, 6) is 0. The highest BCUT2D eigenvalue weighted by Gasteiger charge is 2.45. The van der Waals surface area contributed by atoms with Crippen LogP contribution >= 0.6 is 0 Å². The van der Waals surface area contributed by atoms with Gasteiger partial charge in [-0.1, -0.05) is 41.5 Å². The van der Waals surface area contributed by atoms with Crippen LogP contribution in [0.5, 0.6) is 0 Å². The van der Waals surface area contributed by atoms with Gasteiger partial charge >= 0.3 is 20.6 Å². The Bertz CT molecular complexity index is 856. The highest BCUT2D eigenvalue weighted by atomic mass is 32.2. The summed E-state index contributed by atoms with van der Waals surface area (Å²) in [4.78, 5) is 0. The standard InChI is InChI=1S/2C9H15NO3S/c2*1-9(2,3)7-4-5-13-14(11,12)10-6-8(7)10/h2*4-6H2,1-3H3. The third-order valence-corrected chi connectivity index (χ3v) is 7.91. The van der Waals surface area contributed by atoms with Crippen molar-refractivity contribution in [3.05, 3.63) is 22.5 Å². The quantitative estimate of drug-likeness (QED) is 0.544. The van der Waals surface area contributed by atoms with Crippen LogP contribution in [0.15, 0.2) is 22.5 Å². The number of hydrogen-bond donors (Lipinski definition) is 0. The van der Waals surface area contributed by atoms with E-state index in [1.165, 1.54) is 19.8 Å². The molecule has 160 valence electrons. The molecule has 0 atom stereocenters. The van der Waals surface area contributed by atoms with Gasteiger partial charge in [0, 0.05) is 0 Å². The molecule has 4 rings (SSSR count). The zero-order valence-electron chi connectivity index (χ0n) is 17.4. The lowest BCUT2D eigenvalue weighted by atomic mass is 9.84. The Hall–Kier alpha value is -1.10. The summed E-state index contributed by atoms with van der Waals surface area (Å²) in [6, 6.07) is 0. The average Bonchev–Trinajstić information content (AvgIpc) is 3.35. The van der Waals surface area contributed by atoms with Gasteiger partial charge in [0.1, 0.15) is 0 Å². The van der Waals surface area contributed by atoms with E-state index in [-0.39, 0.29) is 24.0 Å². The van der Waals surface area contributed by atoms with Gasteiger partial charge in [-0.3, -0.25) is 8.37 Å². The van der Waals surface area contributed by atoms with Crippen molar-refractivity contribution in [2.45, 2.75) is 54.4 Å². The number of fused-ring (bicyclic) bond motifs is 2. The summed E-state index contributed by atoms with van der Waals surface area (Å²) >= 11 is 0. The minimum Gasteiger partial charge on any atom is -0.253 e. The number of hydrogen-bond acceptors (Lipinski definition) is 6. The number of nitrogens with zero attached hydrogens (tertiary/aromatic N) is 2. The molecule has 2 saturated heterocycles. The van der Waals surface area contributed by atoms with Crippen molar-refractivity contribution in [2.75, 3.05) is 26.3 Å². The Kier molecular flexibility index (Phi) is 5.18. The van der Waals surface area contributed by atoms with Crippen molar-refractivity contribution in [3.63, 3.8) is 0 Å². The zero-order chi connectivity index (χ0) is 21.1. The van der Waals surface area contributed by atoms with Crippen molar-refractivity contribution in [1.29, 1.82) is 0 Å². The molecule has 4 heterocycles. The van der Waals surface area contributed by atoms with Crippen molar-refractivity contribution < 1.29 is 25.2 Å². The minimum absolute atomic E-state index is 0.0350. The molecular weight excluding hydrogens is 404 g/mol. The SMILES string of the molecule is CC(C)(C)C1=C2CN2S(=O)(=O)OCC1.CC(C)(C)C1=C2CN2S(=O)(=O)OCC1. The van der Waals surface area contributed by atoms with E-state index in [0.29, 0.717) is 25.9 Å². The predicted octanol–water partition coefficient (Wildman–Crippen LogP) is 2.53. The lowest BCUT2D eigenvalue weighted by molar-refractivity contribution is 0.302. The highest BCUT2D eigenvalue weighted by Crippen LogP contribution is 2.43. The third-order valence-electron chi connectivity index (χ3n) is 5.20. The Morgan fingerprint density at radius 3 is 1.29 bits per heavy atom. The van der Waals surface area contributed by atoms with Crippen LogP contribution in [0.2, 0.25) is 0 Å². The molecule has 0 spiro atoms. The molecule has 0 radical (unpaired) electrons. The molecule has 0 aromatic rings. The summed E-state index contributed by atoms with van der Waals surface area (Å²) in [5, 5.41) is 0. The first kappa shape index (κ1) is 21.6. The summed E-state index contributed by atoms with van der Waals surface area (Å²) in [7, 11) is -6.88. The van der Waals surface area contributed by atoms with Crippen molar-refractivity contribution in [1.82, 2.24) is 8.61 Å². The normalized spacial score (nSPS) is 25.8. The molecule has 4 aliphatic rings. The van der Waals surface area contributed by atoms with E-state index in [1.54, 1.807) is 0 Å². The highest BCUT2D eigenvalue weighted by molar-refractivity contribution is 7.85. The van der Waals surface area contributed by atoms with Crippen LogP contribution in [0.4, 0.5) is 0 Å². The van der Waals surface area contributed by atoms with E-state index in [0.717, 1.165) is 11.4 Å². The van der Waals surface area contributed by atoms with Crippen molar-refractivity contribution in [3.8, 4) is 0 Å². The molecule has 10 heteroatoms. The second-order valence-electron chi connectivity index (χ2n) is 9.42. The predicted molar refractivity (Wildman–Crippen MR) is 105 cm³/mol. The molecule has 0 bridgehead atoms. The van der Waals surface area contributed by atoms with Crippen molar-refractivity contribution in [2.24, 2.45) is 10.8 Å².